The molecule has 7 heteroatoms. The van der Waals surface area contributed by atoms with Gasteiger partial charge < -0.3 is 5.32 Å². The Morgan fingerprint density at radius 1 is 0.971 bits per heavy atom. The molecule has 3 aromatic carbocycles. The number of hydrogen-bond acceptors (Lipinski definition) is 5. The van der Waals surface area contributed by atoms with Gasteiger partial charge in [0.15, 0.2) is 5.17 Å². The predicted molar refractivity (Wildman–Crippen MR) is 136 cm³/mol. The van der Waals surface area contributed by atoms with Crippen molar-refractivity contribution in [1.29, 1.82) is 0 Å². The Hall–Kier alpha value is -3.71. The van der Waals surface area contributed by atoms with Crippen molar-refractivity contribution in [2.24, 2.45) is 9.98 Å². The minimum atomic E-state index is -0.510. The Balaban J connectivity index is 1.31. The number of amides is 2. The van der Waals surface area contributed by atoms with E-state index in [9.17, 15) is 9.59 Å². The summed E-state index contributed by atoms with van der Waals surface area (Å²) in [6, 6.07) is 25.1. The van der Waals surface area contributed by atoms with E-state index in [2.05, 4.69) is 5.32 Å². The maximum Gasteiger partial charge on any atom is 0.259 e. The third kappa shape index (κ3) is 4.65. The Kier molecular flexibility index (Phi) is 6.27. The number of carbonyl (C=O) groups excluding carboxylic acids is 2. The van der Waals surface area contributed by atoms with Crippen LogP contribution in [0.25, 0.3) is 0 Å². The van der Waals surface area contributed by atoms with E-state index in [1.54, 1.807) is 4.90 Å². The van der Waals surface area contributed by atoms with E-state index in [-0.39, 0.29) is 17.6 Å². The third-order valence-electron chi connectivity index (χ3n) is 5.76. The SMILES string of the molecule is Cc1ccc(CNC(=O)CSC2=Nc3ccccc3C3=NC(Cc4ccccc4)C(=O)N23)cc1. The number of rotatable bonds is 6. The van der Waals surface area contributed by atoms with Crippen LogP contribution in [0.4, 0.5) is 5.69 Å². The monoisotopic (exact) mass is 468 g/mol. The first kappa shape index (κ1) is 22.1. The van der Waals surface area contributed by atoms with Crippen LogP contribution < -0.4 is 5.32 Å². The molecule has 0 bridgehead atoms. The molecule has 1 atom stereocenters. The molecule has 170 valence electrons. The molecule has 6 nitrogen and oxygen atoms in total. The van der Waals surface area contributed by atoms with Gasteiger partial charge in [-0.1, -0.05) is 84.1 Å². The lowest BCUT2D eigenvalue weighted by atomic mass is 10.1. The number of amidine groups is 2. The Labute approximate surface area is 202 Å². The van der Waals surface area contributed by atoms with Gasteiger partial charge >= 0.3 is 0 Å². The van der Waals surface area contributed by atoms with Gasteiger partial charge in [-0.3, -0.25) is 14.6 Å². The lowest BCUT2D eigenvalue weighted by Gasteiger charge is -2.25. The fourth-order valence-electron chi connectivity index (χ4n) is 3.96. The Morgan fingerprint density at radius 3 is 2.50 bits per heavy atom. The summed E-state index contributed by atoms with van der Waals surface area (Å²) in [4.78, 5) is 37.0. The second kappa shape index (κ2) is 9.65. The Morgan fingerprint density at radius 2 is 1.71 bits per heavy atom. The highest BCUT2D eigenvalue weighted by Gasteiger charge is 2.41. The molecule has 1 N–H and O–H groups in total. The number of thioether (sulfide) groups is 1. The van der Waals surface area contributed by atoms with Crippen molar-refractivity contribution < 1.29 is 9.59 Å². The zero-order valence-corrected chi connectivity index (χ0v) is 19.6. The van der Waals surface area contributed by atoms with Crippen molar-refractivity contribution in [2.45, 2.75) is 25.9 Å². The molecule has 0 radical (unpaired) electrons. The van der Waals surface area contributed by atoms with Gasteiger partial charge in [-0.15, -0.1) is 0 Å². The van der Waals surface area contributed by atoms with Gasteiger partial charge in [0.2, 0.25) is 5.91 Å². The zero-order valence-electron chi connectivity index (χ0n) is 18.8. The zero-order chi connectivity index (χ0) is 23.5. The molecule has 0 spiro atoms. The van der Waals surface area contributed by atoms with Crippen molar-refractivity contribution in [3.05, 3.63) is 101 Å². The van der Waals surface area contributed by atoms with E-state index in [4.69, 9.17) is 9.98 Å². The van der Waals surface area contributed by atoms with E-state index < -0.39 is 6.04 Å². The number of nitrogens with zero attached hydrogens (tertiary/aromatic N) is 3. The molecule has 0 aliphatic carbocycles. The number of aryl methyl sites for hydroxylation is 1. The van der Waals surface area contributed by atoms with Crippen LogP contribution in [0.1, 0.15) is 22.3 Å². The normalized spacial score (nSPS) is 16.4. The molecule has 0 saturated carbocycles. The molecular formula is C27H24N4O2S. The van der Waals surface area contributed by atoms with Crippen LogP contribution in [-0.4, -0.2) is 39.5 Å². The summed E-state index contributed by atoms with van der Waals surface area (Å²) in [5, 5.41) is 3.43. The van der Waals surface area contributed by atoms with Gasteiger partial charge in [0.05, 0.1) is 11.4 Å². The van der Waals surface area contributed by atoms with E-state index in [1.165, 1.54) is 17.3 Å². The maximum atomic E-state index is 13.4. The van der Waals surface area contributed by atoms with Gasteiger partial charge in [0, 0.05) is 18.5 Å². The van der Waals surface area contributed by atoms with Crippen LogP contribution in [0.5, 0.6) is 0 Å². The van der Waals surface area contributed by atoms with Crippen molar-refractivity contribution in [3.8, 4) is 0 Å². The molecule has 5 rings (SSSR count). The molecule has 0 saturated heterocycles. The molecule has 2 aliphatic rings. The van der Waals surface area contributed by atoms with E-state index in [0.717, 1.165) is 22.4 Å². The minimum Gasteiger partial charge on any atom is -0.351 e. The first-order valence-electron chi connectivity index (χ1n) is 11.2. The molecule has 0 aromatic heterocycles. The standard InChI is InChI=1S/C27H24N4O2S/c1-18-11-13-20(14-12-18)16-28-24(32)17-34-27-30-22-10-6-5-9-21(22)25-29-23(26(33)31(25)27)15-19-7-3-2-4-8-19/h2-14,23H,15-17H2,1H3,(H,28,32). The lowest BCUT2D eigenvalue weighted by Crippen LogP contribution is -2.42. The second-order valence-corrected chi connectivity index (χ2v) is 9.24. The van der Waals surface area contributed by atoms with Crippen molar-refractivity contribution in [3.63, 3.8) is 0 Å². The summed E-state index contributed by atoms with van der Waals surface area (Å²) in [6.07, 6.45) is 0.525. The summed E-state index contributed by atoms with van der Waals surface area (Å²) in [6.45, 7) is 2.49. The summed E-state index contributed by atoms with van der Waals surface area (Å²) in [5.74, 6) is 0.546. The molecule has 3 aromatic rings. The molecule has 34 heavy (non-hydrogen) atoms. The lowest BCUT2D eigenvalue weighted by molar-refractivity contribution is -0.124. The summed E-state index contributed by atoms with van der Waals surface area (Å²) < 4.78 is 0. The molecule has 1 unspecified atom stereocenters. The summed E-state index contributed by atoms with van der Waals surface area (Å²) in [5.41, 5.74) is 4.87. The fraction of sp³-hybridized carbons (Fsp3) is 0.185. The fourth-order valence-corrected chi connectivity index (χ4v) is 4.79. The third-order valence-corrected chi connectivity index (χ3v) is 6.70. The van der Waals surface area contributed by atoms with Crippen molar-refractivity contribution >= 4 is 40.3 Å². The molecule has 2 heterocycles. The van der Waals surface area contributed by atoms with Gasteiger partial charge in [-0.05, 0) is 30.2 Å². The number of benzene rings is 3. The minimum absolute atomic E-state index is 0.111. The van der Waals surface area contributed by atoms with E-state index in [1.807, 2.05) is 85.8 Å². The van der Waals surface area contributed by atoms with Crippen LogP contribution in [0.15, 0.2) is 88.8 Å². The number of nitrogens with one attached hydrogen (secondary N) is 1. The topological polar surface area (TPSA) is 74.1 Å². The highest BCUT2D eigenvalue weighted by atomic mass is 32.2. The summed E-state index contributed by atoms with van der Waals surface area (Å²) in [7, 11) is 0. The van der Waals surface area contributed by atoms with Crippen LogP contribution in [-0.2, 0) is 22.6 Å². The average molecular weight is 469 g/mol. The van der Waals surface area contributed by atoms with E-state index in [0.29, 0.717) is 24.0 Å². The first-order valence-corrected chi connectivity index (χ1v) is 12.2. The van der Waals surface area contributed by atoms with Gasteiger partial charge in [0.1, 0.15) is 11.9 Å². The van der Waals surface area contributed by atoms with Crippen LogP contribution >= 0.6 is 11.8 Å². The largest absolute Gasteiger partial charge is 0.351 e. The van der Waals surface area contributed by atoms with E-state index >= 15 is 0 Å². The smallest absolute Gasteiger partial charge is 0.259 e. The summed E-state index contributed by atoms with van der Waals surface area (Å²) >= 11 is 1.26. The number of hydrogen-bond donors (Lipinski definition) is 1. The van der Waals surface area contributed by atoms with Gasteiger partial charge in [-0.2, -0.15) is 0 Å². The molecule has 2 amide bonds. The Bertz CT molecular complexity index is 1290. The van der Waals surface area contributed by atoms with Crippen LogP contribution in [0.3, 0.4) is 0 Å². The van der Waals surface area contributed by atoms with Crippen molar-refractivity contribution in [1.82, 2.24) is 10.2 Å². The highest BCUT2D eigenvalue weighted by molar-refractivity contribution is 8.14. The highest BCUT2D eigenvalue weighted by Crippen LogP contribution is 2.34. The second-order valence-electron chi connectivity index (χ2n) is 8.29. The molecule has 0 fully saturated rings. The van der Waals surface area contributed by atoms with Crippen LogP contribution in [0.2, 0.25) is 0 Å². The molecular weight excluding hydrogens is 444 g/mol. The molecule has 2 aliphatic heterocycles. The first-order chi connectivity index (χ1) is 16.6. The average Bonchev–Trinajstić information content (AvgIpc) is 3.19. The number of carbonyl (C=O) groups is 2. The van der Waals surface area contributed by atoms with Gasteiger partial charge in [-0.25, -0.2) is 9.89 Å². The van der Waals surface area contributed by atoms with Crippen molar-refractivity contribution in [2.75, 3.05) is 5.75 Å². The quantitative estimate of drug-likeness (QED) is 0.588. The predicted octanol–water partition coefficient (Wildman–Crippen LogP) is 4.25. The maximum absolute atomic E-state index is 13.4. The van der Waals surface area contributed by atoms with Gasteiger partial charge in [0.25, 0.3) is 5.91 Å². The van der Waals surface area contributed by atoms with Crippen LogP contribution in [0, 0.1) is 6.92 Å². The number of fused-ring (bicyclic) bond motifs is 3. The number of aliphatic imine (C=N–C) groups is 2. The number of para-hydroxylation sites is 1.